The molecule has 2 unspecified atom stereocenters. The summed E-state index contributed by atoms with van der Waals surface area (Å²) in [4.78, 5) is 0.114. The Balaban J connectivity index is 3.02. The molecule has 0 heterocycles. The fraction of sp³-hybridized carbons (Fsp3) is 0.600. The Morgan fingerprint density at radius 3 is 2.48 bits per heavy atom. The van der Waals surface area contributed by atoms with E-state index in [9.17, 15) is 8.42 Å². The van der Waals surface area contributed by atoms with Crippen molar-refractivity contribution in [3.05, 3.63) is 28.2 Å². The molecule has 1 aromatic carbocycles. The summed E-state index contributed by atoms with van der Waals surface area (Å²) in [7, 11) is -3.48. The van der Waals surface area contributed by atoms with Crippen LogP contribution in [0, 0.1) is 5.92 Å². The maximum atomic E-state index is 12.6. The molecule has 1 aromatic rings. The fourth-order valence-electron chi connectivity index (χ4n) is 2.08. The minimum Gasteiger partial charge on any atom is -0.313 e. The quantitative estimate of drug-likeness (QED) is 0.763. The molecule has 0 aliphatic carbocycles. The van der Waals surface area contributed by atoms with E-state index < -0.39 is 9.84 Å². The van der Waals surface area contributed by atoms with E-state index in [0.717, 1.165) is 19.4 Å². The fourth-order valence-corrected chi connectivity index (χ4v) is 4.56. The molecule has 0 radical (unpaired) electrons. The second kappa shape index (κ2) is 8.37. The standard InChI is InChI=1S/C15H23Cl2NO2S/c1-4-8-18-14(11(3)5-2)10-21(19,20)15-9-12(16)6-7-13(15)17/h6-7,9,11,14,18H,4-5,8,10H2,1-3H3. The average Bonchev–Trinajstić information content (AvgIpc) is 2.44. The molecule has 0 aromatic heterocycles. The van der Waals surface area contributed by atoms with Crippen molar-refractivity contribution in [2.75, 3.05) is 12.3 Å². The Bertz CT molecular complexity index is 561. The van der Waals surface area contributed by atoms with Crippen LogP contribution in [0.5, 0.6) is 0 Å². The van der Waals surface area contributed by atoms with Gasteiger partial charge in [0, 0.05) is 11.1 Å². The molecular formula is C15H23Cl2NO2S. The molecule has 1 N–H and O–H groups in total. The Hall–Kier alpha value is -0.290. The van der Waals surface area contributed by atoms with Crippen LogP contribution in [0.1, 0.15) is 33.6 Å². The SMILES string of the molecule is CCCNC(CS(=O)(=O)c1cc(Cl)ccc1Cl)C(C)CC. The van der Waals surface area contributed by atoms with E-state index in [1.54, 1.807) is 6.07 Å². The topological polar surface area (TPSA) is 46.2 Å². The zero-order valence-corrected chi connectivity index (χ0v) is 15.0. The molecule has 0 aliphatic rings. The third-order valence-electron chi connectivity index (χ3n) is 3.61. The second-order valence-corrected chi connectivity index (χ2v) is 8.15. The van der Waals surface area contributed by atoms with Crippen LogP contribution in [-0.2, 0) is 9.84 Å². The molecule has 6 heteroatoms. The van der Waals surface area contributed by atoms with Crippen LogP contribution < -0.4 is 5.32 Å². The number of hydrogen-bond donors (Lipinski definition) is 1. The summed E-state index contributed by atoms with van der Waals surface area (Å²) in [6.45, 7) is 6.98. The lowest BCUT2D eigenvalue weighted by Crippen LogP contribution is -2.41. The van der Waals surface area contributed by atoms with Crippen molar-refractivity contribution >= 4 is 33.0 Å². The van der Waals surface area contributed by atoms with Crippen LogP contribution >= 0.6 is 23.2 Å². The van der Waals surface area contributed by atoms with Gasteiger partial charge in [0.15, 0.2) is 9.84 Å². The van der Waals surface area contributed by atoms with Crippen molar-refractivity contribution in [1.82, 2.24) is 5.32 Å². The van der Waals surface area contributed by atoms with E-state index in [-0.39, 0.29) is 27.6 Å². The highest BCUT2D eigenvalue weighted by molar-refractivity contribution is 7.91. The van der Waals surface area contributed by atoms with Gasteiger partial charge in [-0.3, -0.25) is 0 Å². The zero-order valence-electron chi connectivity index (χ0n) is 12.7. The first kappa shape index (κ1) is 18.8. The molecule has 0 amide bonds. The van der Waals surface area contributed by atoms with Crippen molar-refractivity contribution < 1.29 is 8.42 Å². The molecule has 1 rings (SSSR count). The van der Waals surface area contributed by atoms with E-state index in [1.807, 2.05) is 0 Å². The van der Waals surface area contributed by atoms with Gasteiger partial charge in [0.25, 0.3) is 0 Å². The van der Waals surface area contributed by atoms with Crippen molar-refractivity contribution in [3.63, 3.8) is 0 Å². The minimum atomic E-state index is -3.48. The highest BCUT2D eigenvalue weighted by atomic mass is 35.5. The molecule has 0 saturated heterocycles. The number of sulfone groups is 1. The van der Waals surface area contributed by atoms with Crippen LogP contribution in [-0.4, -0.2) is 26.8 Å². The Morgan fingerprint density at radius 2 is 1.90 bits per heavy atom. The summed E-state index contributed by atoms with van der Waals surface area (Å²) >= 11 is 11.9. The largest absolute Gasteiger partial charge is 0.313 e. The monoisotopic (exact) mass is 351 g/mol. The molecule has 0 fully saturated rings. The van der Waals surface area contributed by atoms with Gasteiger partial charge < -0.3 is 5.32 Å². The van der Waals surface area contributed by atoms with Gasteiger partial charge in [-0.05, 0) is 37.1 Å². The average molecular weight is 352 g/mol. The molecule has 0 spiro atoms. The van der Waals surface area contributed by atoms with Crippen molar-refractivity contribution in [2.45, 2.75) is 44.6 Å². The van der Waals surface area contributed by atoms with Crippen molar-refractivity contribution in [2.24, 2.45) is 5.92 Å². The molecule has 0 saturated carbocycles. The molecule has 0 bridgehead atoms. The predicted octanol–water partition coefficient (Wildman–Crippen LogP) is 4.18. The van der Waals surface area contributed by atoms with Gasteiger partial charge in [-0.2, -0.15) is 0 Å². The maximum Gasteiger partial charge on any atom is 0.181 e. The van der Waals surface area contributed by atoms with Crippen LogP contribution in [0.4, 0.5) is 0 Å². The van der Waals surface area contributed by atoms with Gasteiger partial charge >= 0.3 is 0 Å². The van der Waals surface area contributed by atoms with Crippen molar-refractivity contribution in [1.29, 1.82) is 0 Å². The number of nitrogens with one attached hydrogen (secondary N) is 1. The van der Waals surface area contributed by atoms with Crippen LogP contribution in [0.3, 0.4) is 0 Å². The van der Waals surface area contributed by atoms with Gasteiger partial charge in [-0.25, -0.2) is 8.42 Å². The normalized spacial score (nSPS) is 14.9. The van der Waals surface area contributed by atoms with Gasteiger partial charge in [-0.15, -0.1) is 0 Å². The Labute approximate surface area is 137 Å². The first-order valence-electron chi connectivity index (χ1n) is 7.23. The summed E-state index contributed by atoms with van der Waals surface area (Å²) < 4.78 is 25.2. The summed E-state index contributed by atoms with van der Waals surface area (Å²) in [5, 5.41) is 3.92. The summed E-state index contributed by atoms with van der Waals surface area (Å²) in [6.07, 6.45) is 1.88. The lowest BCUT2D eigenvalue weighted by Gasteiger charge is -2.24. The molecule has 21 heavy (non-hydrogen) atoms. The van der Waals surface area contributed by atoms with Crippen LogP contribution in [0.25, 0.3) is 0 Å². The van der Waals surface area contributed by atoms with Gasteiger partial charge in [0.2, 0.25) is 0 Å². The number of halogens is 2. The van der Waals surface area contributed by atoms with Gasteiger partial charge in [-0.1, -0.05) is 50.4 Å². The van der Waals surface area contributed by atoms with Gasteiger partial charge in [0.05, 0.1) is 15.7 Å². The highest BCUT2D eigenvalue weighted by Crippen LogP contribution is 2.27. The van der Waals surface area contributed by atoms with E-state index in [4.69, 9.17) is 23.2 Å². The maximum absolute atomic E-state index is 12.6. The van der Waals surface area contributed by atoms with Crippen LogP contribution in [0.2, 0.25) is 10.0 Å². The Morgan fingerprint density at radius 1 is 1.24 bits per heavy atom. The highest BCUT2D eigenvalue weighted by Gasteiger charge is 2.26. The summed E-state index contributed by atoms with van der Waals surface area (Å²) in [5.41, 5.74) is 0. The number of benzene rings is 1. The summed E-state index contributed by atoms with van der Waals surface area (Å²) in [6, 6.07) is 4.45. The molecular weight excluding hydrogens is 329 g/mol. The van der Waals surface area contributed by atoms with E-state index in [0.29, 0.717) is 5.02 Å². The first-order chi connectivity index (χ1) is 9.81. The van der Waals surface area contributed by atoms with Crippen molar-refractivity contribution in [3.8, 4) is 0 Å². The van der Waals surface area contributed by atoms with E-state index >= 15 is 0 Å². The van der Waals surface area contributed by atoms with Gasteiger partial charge in [0.1, 0.15) is 0 Å². The van der Waals surface area contributed by atoms with E-state index in [1.165, 1.54) is 12.1 Å². The Kier molecular flexibility index (Phi) is 7.48. The van der Waals surface area contributed by atoms with E-state index in [2.05, 4.69) is 26.1 Å². The first-order valence-corrected chi connectivity index (χ1v) is 9.63. The zero-order chi connectivity index (χ0) is 16.0. The third kappa shape index (κ3) is 5.44. The second-order valence-electron chi connectivity index (χ2n) is 5.30. The smallest absolute Gasteiger partial charge is 0.181 e. The molecule has 120 valence electrons. The molecule has 0 aliphatic heterocycles. The predicted molar refractivity (Wildman–Crippen MR) is 90.1 cm³/mol. The molecule has 2 atom stereocenters. The number of rotatable bonds is 8. The molecule has 3 nitrogen and oxygen atoms in total. The minimum absolute atomic E-state index is 0.0298. The lowest BCUT2D eigenvalue weighted by atomic mass is 10.0. The summed E-state index contributed by atoms with van der Waals surface area (Å²) in [5.74, 6) is 0.298. The number of hydrogen-bond acceptors (Lipinski definition) is 3. The van der Waals surface area contributed by atoms with Crippen LogP contribution in [0.15, 0.2) is 23.1 Å². The third-order valence-corrected chi connectivity index (χ3v) is 6.10. The lowest BCUT2D eigenvalue weighted by molar-refractivity contribution is 0.391.